The van der Waals surface area contributed by atoms with Gasteiger partial charge in [0.2, 0.25) is 10.0 Å². The number of hydrogen-bond donors (Lipinski definition) is 1. The minimum absolute atomic E-state index is 0.0931. The van der Waals surface area contributed by atoms with Crippen LogP contribution < -0.4 is 14.4 Å². The van der Waals surface area contributed by atoms with Crippen molar-refractivity contribution in [2.75, 3.05) is 17.7 Å². The van der Waals surface area contributed by atoms with E-state index in [1.165, 1.54) is 17.7 Å². The third-order valence-corrected chi connectivity index (χ3v) is 5.85. The van der Waals surface area contributed by atoms with Gasteiger partial charge in [-0.05, 0) is 55.5 Å². The van der Waals surface area contributed by atoms with Gasteiger partial charge >= 0.3 is 0 Å². The Hall–Kier alpha value is -2.54. The Bertz CT molecular complexity index is 1010. The van der Waals surface area contributed by atoms with E-state index in [1.807, 2.05) is 13.8 Å². The summed E-state index contributed by atoms with van der Waals surface area (Å²) in [5.74, 6) is 0.435. The summed E-state index contributed by atoms with van der Waals surface area (Å²) >= 11 is 0. The lowest BCUT2D eigenvalue weighted by Gasteiger charge is -2.33. The van der Waals surface area contributed by atoms with Crippen LogP contribution in [0.4, 0.5) is 5.69 Å². The standard InChI is InChI=1S/C24H34N2O4S/c1-23(2,3)17-24(4,5)25-22(27)19-13-11-18(12-14-19)16-26(31(7,28)29)20-9-8-10-21(15-20)30-6/h8-15H,16-17H2,1-7H3,(H,25,27). The Morgan fingerprint density at radius 2 is 1.65 bits per heavy atom. The topological polar surface area (TPSA) is 75.7 Å². The molecular weight excluding hydrogens is 412 g/mol. The van der Waals surface area contributed by atoms with Crippen LogP contribution in [0.25, 0.3) is 0 Å². The largest absolute Gasteiger partial charge is 0.497 e. The molecule has 2 aromatic carbocycles. The zero-order valence-corrected chi connectivity index (χ0v) is 20.3. The van der Waals surface area contributed by atoms with E-state index < -0.39 is 10.0 Å². The van der Waals surface area contributed by atoms with Gasteiger partial charge in [0, 0.05) is 17.2 Å². The van der Waals surface area contributed by atoms with Gasteiger partial charge in [-0.1, -0.05) is 39.0 Å². The number of hydrogen-bond acceptors (Lipinski definition) is 4. The van der Waals surface area contributed by atoms with Gasteiger partial charge in [-0.25, -0.2) is 8.42 Å². The summed E-state index contributed by atoms with van der Waals surface area (Å²) in [6.45, 7) is 10.6. The van der Waals surface area contributed by atoms with Gasteiger partial charge in [0.25, 0.3) is 5.91 Å². The SMILES string of the molecule is COc1cccc(N(Cc2ccc(C(=O)NC(C)(C)CC(C)(C)C)cc2)S(C)(=O)=O)c1. The van der Waals surface area contributed by atoms with E-state index in [0.29, 0.717) is 17.0 Å². The molecule has 0 unspecified atom stereocenters. The highest BCUT2D eigenvalue weighted by Crippen LogP contribution is 2.27. The van der Waals surface area contributed by atoms with Crippen molar-refractivity contribution in [3.63, 3.8) is 0 Å². The molecule has 0 saturated heterocycles. The summed E-state index contributed by atoms with van der Waals surface area (Å²) in [5, 5.41) is 3.09. The van der Waals surface area contributed by atoms with Crippen LogP contribution in [0.1, 0.15) is 57.0 Å². The first kappa shape index (κ1) is 24.7. The summed E-state index contributed by atoms with van der Waals surface area (Å²) in [6.07, 6.45) is 2.01. The summed E-state index contributed by atoms with van der Waals surface area (Å²) < 4.78 is 31.3. The lowest BCUT2D eigenvalue weighted by Crippen LogP contribution is -2.45. The lowest BCUT2D eigenvalue weighted by atomic mass is 9.81. The molecule has 0 aliphatic heterocycles. The van der Waals surface area contributed by atoms with Crippen molar-refractivity contribution in [3.8, 4) is 5.75 Å². The summed E-state index contributed by atoms with van der Waals surface area (Å²) in [5.41, 5.74) is 1.59. The quantitative estimate of drug-likeness (QED) is 0.643. The van der Waals surface area contributed by atoms with Gasteiger partial charge in [0.15, 0.2) is 0 Å². The fourth-order valence-electron chi connectivity index (χ4n) is 3.84. The van der Waals surface area contributed by atoms with Crippen molar-refractivity contribution in [3.05, 3.63) is 59.7 Å². The molecule has 2 aromatic rings. The van der Waals surface area contributed by atoms with Gasteiger partial charge < -0.3 is 10.1 Å². The lowest BCUT2D eigenvalue weighted by molar-refractivity contribution is 0.0891. The second kappa shape index (κ2) is 9.30. The molecule has 0 aliphatic carbocycles. The Morgan fingerprint density at radius 1 is 1.03 bits per heavy atom. The van der Waals surface area contributed by atoms with E-state index in [-0.39, 0.29) is 23.4 Å². The monoisotopic (exact) mass is 446 g/mol. The summed E-state index contributed by atoms with van der Waals surface area (Å²) in [4.78, 5) is 12.7. The normalized spacial score (nSPS) is 12.4. The number of nitrogens with one attached hydrogen (secondary N) is 1. The van der Waals surface area contributed by atoms with Gasteiger partial charge in [0.1, 0.15) is 5.75 Å². The van der Waals surface area contributed by atoms with Crippen molar-refractivity contribution >= 4 is 21.6 Å². The molecule has 0 atom stereocenters. The molecule has 0 radical (unpaired) electrons. The molecule has 1 amide bonds. The van der Waals surface area contributed by atoms with Crippen LogP contribution in [-0.4, -0.2) is 33.2 Å². The van der Waals surface area contributed by atoms with Gasteiger partial charge in [-0.15, -0.1) is 0 Å². The van der Waals surface area contributed by atoms with E-state index in [0.717, 1.165) is 12.0 Å². The molecule has 1 N–H and O–H groups in total. The zero-order chi connectivity index (χ0) is 23.4. The number of rotatable bonds is 8. The molecule has 6 nitrogen and oxygen atoms in total. The molecule has 0 bridgehead atoms. The minimum atomic E-state index is -3.51. The Morgan fingerprint density at radius 3 is 2.16 bits per heavy atom. The maximum atomic E-state index is 12.7. The van der Waals surface area contributed by atoms with Crippen LogP contribution in [0.2, 0.25) is 0 Å². The first-order valence-electron chi connectivity index (χ1n) is 10.2. The number of carbonyl (C=O) groups excluding carboxylic acids is 1. The number of methoxy groups -OCH3 is 1. The van der Waals surface area contributed by atoms with Crippen LogP contribution in [0.3, 0.4) is 0 Å². The van der Waals surface area contributed by atoms with E-state index in [4.69, 9.17) is 4.74 Å². The number of sulfonamides is 1. The van der Waals surface area contributed by atoms with E-state index in [1.54, 1.807) is 48.5 Å². The number of amides is 1. The van der Waals surface area contributed by atoms with Gasteiger partial charge in [-0.2, -0.15) is 0 Å². The predicted molar refractivity (Wildman–Crippen MR) is 126 cm³/mol. The maximum Gasteiger partial charge on any atom is 0.251 e. The Kier molecular flexibility index (Phi) is 7.42. The van der Waals surface area contributed by atoms with E-state index in [2.05, 4.69) is 26.1 Å². The molecule has 31 heavy (non-hydrogen) atoms. The molecule has 0 spiro atoms. The number of anilines is 1. The molecule has 0 fully saturated rings. The first-order valence-corrected chi connectivity index (χ1v) is 12.1. The molecule has 0 heterocycles. The summed E-state index contributed by atoms with van der Waals surface area (Å²) in [6, 6.07) is 13.9. The van der Waals surface area contributed by atoms with Crippen molar-refractivity contribution in [2.24, 2.45) is 5.41 Å². The van der Waals surface area contributed by atoms with Crippen LogP contribution in [0.5, 0.6) is 5.75 Å². The summed E-state index contributed by atoms with van der Waals surface area (Å²) in [7, 11) is -1.97. The number of benzene rings is 2. The Labute approximate surface area is 186 Å². The van der Waals surface area contributed by atoms with Crippen molar-refractivity contribution < 1.29 is 17.9 Å². The molecule has 0 saturated carbocycles. The highest BCUT2D eigenvalue weighted by atomic mass is 32.2. The average Bonchev–Trinajstić information content (AvgIpc) is 2.63. The van der Waals surface area contributed by atoms with Crippen LogP contribution >= 0.6 is 0 Å². The number of ether oxygens (including phenoxy) is 1. The number of nitrogens with zero attached hydrogens (tertiary/aromatic N) is 1. The third-order valence-electron chi connectivity index (χ3n) is 4.71. The van der Waals surface area contributed by atoms with E-state index >= 15 is 0 Å². The average molecular weight is 447 g/mol. The second-order valence-electron chi connectivity index (χ2n) is 9.74. The van der Waals surface area contributed by atoms with Gasteiger partial charge in [-0.3, -0.25) is 9.10 Å². The van der Waals surface area contributed by atoms with Crippen molar-refractivity contribution in [1.29, 1.82) is 0 Å². The maximum absolute atomic E-state index is 12.7. The second-order valence-corrected chi connectivity index (χ2v) is 11.7. The van der Waals surface area contributed by atoms with Crippen LogP contribution in [0, 0.1) is 5.41 Å². The van der Waals surface area contributed by atoms with Crippen molar-refractivity contribution in [2.45, 2.75) is 53.1 Å². The molecular formula is C24H34N2O4S. The molecule has 7 heteroatoms. The van der Waals surface area contributed by atoms with Crippen molar-refractivity contribution in [1.82, 2.24) is 5.32 Å². The van der Waals surface area contributed by atoms with Gasteiger partial charge in [0.05, 0.1) is 25.6 Å². The smallest absolute Gasteiger partial charge is 0.251 e. The highest BCUT2D eigenvalue weighted by molar-refractivity contribution is 7.92. The molecule has 2 rings (SSSR count). The molecule has 0 aliphatic rings. The van der Waals surface area contributed by atoms with Crippen LogP contribution in [0.15, 0.2) is 48.5 Å². The molecule has 170 valence electrons. The number of carbonyl (C=O) groups is 1. The first-order chi connectivity index (χ1) is 14.2. The molecule has 0 aromatic heterocycles. The van der Waals surface area contributed by atoms with E-state index in [9.17, 15) is 13.2 Å². The fourth-order valence-corrected chi connectivity index (χ4v) is 4.72. The Balaban J connectivity index is 2.18. The minimum Gasteiger partial charge on any atom is -0.497 e. The third kappa shape index (κ3) is 7.58. The highest BCUT2D eigenvalue weighted by Gasteiger charge is 2.27. The predicted octanol–water partition coefficient (Wildman–Crippen LogP) is 4.61. The zero-order valence-electron chi connectivity index (χ0n) is 19.5. The fraction of sp³-hybridized carbons (Fsp3) is 0.458. The van der Waals surface area contributed by atoms with Crippen LogP contribution in [-0.2, 0) is 16.6 Å².